The molecule has 1 saturated heterocycles. The number of rotatable bonds is 10. The van der Waals surface area contributed by atoms with E-state index in [2.05, 4.69) is 0 Å². The van der Waals surface area contributed by atoms with Crippen LogP contribution in [0.2, 0.25) is 0 Å². The van der Waals surface area contributed by atoms with Gasteiger partial charge in [0.05, 0.1) is 6.04 Å². The summed E-state index contributed by atoms with van der Waals surface area (Å²) in [5.74, 6) is -2.47. The molecule has 1 aliphatic rings. The lowest BCUT2D eigenvalue weighted by atomic mass is 9.95. The number of alkyl halides is 6. The largest absolute Gasteiger partial charge is 0.421 e. The Morgan fingerprint density at radius 2 is 1.63 bits per heavy atom. The highest BCUT2D eigenvalue weighted by molar-refractivity contribution is 7.91. The highest BCUT2D eigenvalue weighted by Gasteiger charge is 2.51. The zero-order valence-corrected chi connectivity index (χ0v) is 24.8. The maximum Gasteiger partial charge on any atom is 0.421 e. The van der Waals surface area contributed by atoms with Crippen molar-refractivity contribution in [2.45, 2.75) is 49.0 Å². The zero-order valence-electron chi connectivity index (χ0n) is 22.4. The molecule has 2 aromatic rings. The van der Waals surface area contributed by atoms with Crippen LogP contribution in [0.4, 0.5) is 32.0 Å². The molecule has 8 nitrogen and oxygen atoms in total. The first-order valence-corrected chi connectivity index (χ1v) is 16.3. The number of thiophene rings is 1. The van der Waals surface area contributed by atoms with Crippen LogP contribution in [0.25, 0.3) is 0 Å². The number of halogens is 6. The summed E-state index contributed by atoms with van der Waals surface area (Å²) in [4.78, 5) is 1.56. The number of benzene rings is 1. The van der Waals surface area contributed by atoms with Crippen molar-refractivity contribution in [2.75, 3.05) is 43.4 Å². The second kappa shape index (κ2) is 12.0. The van der Waals surface area contributed by atoms with Crippen molar-refractivity contribution in [3.63, 3.8) is 0 Å². The van der Waals surface area contributed by atoms with Crippen LogP contribution in [0, 0.1) is 5.92 Å². The van der Waals surface area contributed by atoms with Gasteiger partial charge in [0.25, 0.3) is 10.0 Å². The lowest BCUT2D eigenvalue weighted by Gasteiger charge is -2.44. The SMILES string of the molecule is CC(C)CN(CC1CN(S(=O)(=O)c2cccs2)CCN1c1ccc(C(C)(O)C(F)(F)F)cc1)S(=O)(=O)CC(F)(F)F. The Kier molecular flexibility index (Phi) is 9.82. The Morgan fingerprint density at radius 3 is 2.12 bits per heavy atom. The third-order valence-corrected chi connectivity index (χ3v) is 11.6. The maximum absolute atomic E-state index is 13.3. The third kappa shape index (κ3) is 7.93. The third-order valence-electron chi connectivity index (χ3n) is 6.57. The lowest BCUT2D eigenvalue weighted by Crippen LogP contribution is -2.59. The fourth-order valence-corrected chi connectivity index (χ4v) is 8.60. The minimum absolute atomic E-state index is 0.0287. The molecule has 0 aliphatic carbocycles. The highest BCUT2D eigenvalue weighted by atomic mass is 32.2. The number of hydrogen-bond acceptors (Lipinski definition) is 7. The molecule has 41 heavy (non-hydrogen) atoms. The number of nitrogens with zero attached hydrogens (tertiary/aromatic N) is 3. The Hall–Kier alpha value is -1.92. The van der Waals surface area contributed by atoms with E-state index in [1.54, 1.807) is 24.1 Å². The van der Waals surface area contributed by atoms with E-state index >= 15 is 0 Å². The van der Waals surface area contributed by atoms with Crippen molar-refractivity contribution in [1.82, 2.24) is 8.61 Å². The minimum Gasteiger partial charge on any atom is -0.376 e. The molecule has 2 unspecified atom stereocenters. The Morgan fingerprint density at radius 1 is 1.02 bits per heavy atom. The van der Waals surface area contributed by atoms with E-state index in [-0.39, 0.29) is 42.0 Å². The molecule has 1 aromatic carbocycles. The molecule has 1 aliphatic heterocycles. The average Bonchev–Trinajstić information content (AvgIpc) is 3.37. The van der Waals surface area contributed by atoms with Gasteiger partial charge in [-0.3, -0.25) is 0 Å². The van der Waals surface area contributed by atoms with Crippen molar-refractivity contribution in [3.8, 4) is 0 Å². The van der Waals surface area contributed by atoms with Gasteiger partial charge in [-0.15, -0.1) is 11.3 Å². The van der Waals surface area contributed by atoms with Crippen LogP contribution >= 0.6 is 11.3 Å². The summed E-state index contributed by atoms with van der Waals surface area (Å²) in [5, 5.41) is 11.6. The molecule has 1 N–H and O–H groups in total. The van der Waals surface area contributed by atoms with Crippen molar-refractivity contribution < 1.29 is 48.3 Å². The van der Waals surface area contributed by atoms with Gasteiger partial charge in [0.1, 0.15) is 4.21 Å². The Labute approximate surface area is 239 Å². The molecule has 232 valence electrons. The number of anilines is 1. The van der Waals surface area contributed by atoms with E-state index < -0.39 is 61.9 Å². The first-order chi connectivity index (χ1) is 18.6. The predicted octanol–water partition coefficient (Wildman–Crippen LogP) is 4.25. The molecule has 2 heterocycles. The van der Waals surface area contributed by atoms with Crippen LogP contribution in [0.3, 0.4) is 0 Å². The van der Waals surface area contributed by atoms with Crippen molar-refractivity contribution in [3.05, 3.63) is 47.3 Å². The molecule has 0 amide bonds. The summed E-state index contributed by atoms with van der Waals surface area (Å²) in [6.07, 6.45) is -9.98. The first kappa shape index (κ1) is 33.6. The summed E-state index contributed by atoms with van der Waals surface area (Å²) >= 11 is 0.971. The standard InChI is InChI=1S/C24H31F6N3O5S3/c1-17(2)13-32(40(35,36)16-23(25,26)27)15-20-14-31(41(37,38)21-5-4-12-39-21)10-11-33(20)19-8-6-18(7-9-19)22(3,34)24(28,29)30/h4-9,12,17,20,34H,10-11,13-16H2,1-3H3. The molecule has 0 spiro atoms. The molecular formula is C24H31F6N3O5S3. The molecule has 17 heteroatoms. The maximum atomic E-state index is 13.3. The van der Waals surface area contributed by atoms with Crippen molar-refractivity contribution in [2.24, 2.45) is 5.92 Å². The van der Waals surface area contributed by atoms with Gasteiger partial charge in [-0.1, -0.05) is 32.0 Å². The molecule has 1 fully saturated rings. The van der Waals surface area contributed by atoms with Gasteiger partial charge in [0, 0.05) is 38.4 Å². The van der Waals surface area contributed by atoms with Crippen molar-refractivity contribution >= 4 is 37.1 Å². The van der Waals surface area contributed by atoms with Crippen LogP contribution in [0.5, 0.6) is 0 Å². The highest BCUT2D eigenvalue weighted by Crippen LogP contribution is 2.39. The monoisotopic (exact) mass is 651 g/mol. The molecular weight excluding hydrogens is 620 g/mol. The van der Waals surface area contributed by atoms with Crippen LogP contribution < -0.4 is 4.90 Å². The smallest absolute Gasteiger partial charge is 0.376 e. The van der Waals surface area contributed by atoms with E-state index in [9.17, 15) is 48.3 Å². The second-order valence-electron chi connectivity index (χ2n) is 10.3. The van der Waals surface area contributed by atoms with Gasteiger partial charge in [0.2, 0.25) is 10.0 Å². The van der Waals surface area contributed by atoms with Gasteiger partial charge in [-0.2, -0.15) is 35.0 Å². The molecule has 1 aromatic heterocycles. The van der Waals surface area contributed by atoms with Crippen LogP contribution in [0.1, 0.15) is 26.3 Å². The van der Waals surface area contributed by atoms with E-state index in [4.69, 9.17) is 0 Å². The fraction of sp³-hybridized carbons (Fsp3) is 0.583. The van der Waals surface area contributed by atoms with Crippen LogP contribution in [-0.4, -0.2) is 87.4 Å². The van der Waals surface area contributed by atoms with Gasteiger partial charge >= 0.3 is 12.4 Å². The first-order valence-electron chi connectivity index (χ1n) is 12.4. The number of aliphatic hydroxyl groups is 1. The fourth-order valence-electron chi connectivity index (χ4n) is 4.46. The topological polar surface area (TPSA) is 98.2 Å². The quantitative estimate of drug-likeness (QED) is 0.386. The number of sulfonamides is 2. The summed E-state index contributed by atoms with van der Waals surface area (Å²) in [6.45, 7) is 2.66. The molecule has 0 radical (unpaired) electrons. The summed E-state index contributed by atoms with van der Waals surface area (Å²) in [6, 6.07) is 6.56. The van der Waals surface area contributed by atoms with E-state index in [0.717, 1.165) is 27.8 Å². The molecule has 0 bridgehead atoms. The van der Waals surface area contributed by atoms with Crippen LogP contribution in [-0.2, 0) is 25.6 Å². The predicted molar refractivity (Wildman–Crippen MR) is 143 cm³/mol. The van der Waals surface area contributed by atoms with Crippen LogP contribution in [0.15, 0.2) is 46.0 Å². The van der Waals surface area contributed by atoms with Crippen molar-refractivity contribution in [1.29, 1.82) is 0 Å². The molecule has 2 atom stereocenters. The second-order valence-corrected chi connectivity index (χ2v) is 15.4. The lowest BCUT2D eigenvalue weighted by molar-refractivity contribution is -0.258. The van der Waals surface area contributed by atoms with E-state index in [1.807, 2.05) is 0 Å². The van der Waals surface area contributed by atoms with E-state index in [0.29, 0.717) is 11.2 Å². The number of piperazine rings is 1. The number of hydrogen-bond donors (Lipinski definition) is 1. The Bertz CT molecular complexity index is 1380. The minimum atomic E-state index is -5.01. The molecule has 3 rings (SSSR count). The average molecular weight is 652 g/mol. The van der Waals surface area contributed by atoms with Gasteiger partial charge < -0.3 is 10.0 Å². The van der Waals surface area contributed by atoms with Gasteiger partial charge in [0.15, 0.2) is 11.4 Å². The van der Waals surface area contributed by atoms with Gasteiger partial charge in [-0.05, 0) is 42.0 Å². The summed E-state index contributed by atoms with van der Waals surface area (Å²) in [7, 11) is -8.86. The summed E-state index contributed by atoms with van der Waals surface area (Å²) in [5.41, 5.74) is -3.33. The van der Waals surface area contributed by atoms with E-state index in [1.165, 1.54) is 24.3 Å². The summed E-state index contributed by atoms with van der Waals surface area (Å²) < 4.78 is 133. The zero-order chi connectivity index (χ0) is 31.0. The Balaban J connectivity index is 2.01. The molecule has 0 saturated carbocycles. The van der Waals surface area contributed by atoms with Gasteiger partial charge in [-0.25, -0.2) is 16.8 Å². The normalized spacial score (nSPS) is 19.6.